The van der Waals surface area contributed by atoms with Crippen molar-refractivity contribution in [2.45, 2.75) is 26.1 Å². The summed E-state index contributed by atoms with van der Waals surface area (Å²) in [4.78, 5) is 0. The summed E-state index contributed by atoms with van der Waals surface area (Å²) in [7, 11) is 0. The minimum Gasteiger partial charge on any atom is -0.372 e. The Morgan fingerprint density at radius 3 is 2.27 bits per heavy atom. The minimum absolute atomic E-state index is 0. The van der Waals surface area contributed by atoms with Gasteiger partial charge < -0.3 is 10.1 Å². The van der Waals surface area contributed by atoms with Gasteiger partial charge in [0.2, 0.25) is 0 Å². The van der Waals surface area contributed by atoms with Crippen LogP contribution in [0.3, 0.4) is 0 Å². The highest BCUT2D eigenvalue weighted by Gasteiger charge is 2.30. The van der Waals surface area contributed by atoms with Crippen LogP contribution in [0.15, 0.2) is 60.7 Å². The molecular weight excluding hydrogens is 270 g/mol. The lowest BCUT2D eigenvalue weighted by Gasteiger charge is -2.36. The molecule has 0 spiro atoms. The van der Waals surface area contributed by atoms with Crippen LogP contribution < -0.4 is 5.32 Å². The minimum atomic E-state index is 0. The van der Waals surface area contributed by atoms with E-state index in [0.29, 0.717) is 24.5 Å². The van der Waals surface area contributed by atoms with E-state index in [1.165, 1.54) is 11.1 Å². The Balaban J connectivity index is 0.00000192. The van der Waals surface area contributed by atoms with Gasteiger partial charge in [0.1, 0.15) is 0 Å². The first-order chi connectivity index (χ1) is 10.8. The van der Waals surface area contributed by atoms with Crippen molar-refractivity contribution < 1.29 is 6.16 Å². The van der Waals surface area contributed by atoms with Gasteiger partial charge in [-0.25, -0.2) is 0 Å². The molecule has 2 aromatic carbocycles. The molecular formula is C20H27NO. The van der Waals surface area contributed by atoms with Gasteiger partial charge in [-0.05, 0) is 35.9 Å². The summed E-state index contributed by atoms with van der Waals surface area (Å²) in [5.41, 5.74) is 2.67. The van der Waals surface area contributed by atoms with Crippen molar-refractivity contribution in [3.05, 3.63) is 71.8 Å². The third-order valence-electron chi connectivity index (χ3n) is 4.73. The highest BCUT2D eigenvalue weighted by Crippen LogP contribution is 2.25. The fraction of sp³-hybridized carbons (Fsp3) is 0.400. The van der Waals surface area contributed by atoms with Crippen LogP contribution in [0.5, 0.6) is 0 Å². The maximum absolute atomic E-state index is 6.19. The molecule has 0 aliphatic carbocycles. The monoisotopic (exact) mass is 297 g/mol. The highest BCUT2D eigenvalue weighted by atomic mass is 16.5. The van der Waals surface area contributed by atoms with Crippen molar-refractivity contribution >= 4 is 0 Å². The van der Waals surface area contributed by atoms with E-state index in [1.807, 2.05) is 6.07 Å². The lowest BCUT2D eigenvalue weighted by Crippen LogP contribution is -2.47. The Morgan fingerprint density at radius 2 is 1.59 bits per heavy atom. The van der Waals surface area contributed by atoms with Crippen molar-refractivity contribution in [3.63, 3.8) is 0 Å². The summed E-state index contributed by atoms with van der Waals surface area (Å²) in [6.45, 7) is 5.08. The molecule has 0 amide bonds. The van der Waals surface area contributed by atoms with Gasteiger partial charge >= 0.3 is 0 Å². The number of benzene rings is 2. The van der Waals surface area contributed by atoms with Gasteiger partial charge in [-0.3, -0.25) is 0 Å². The first kappa shape index (κ1) is 15.3. The standard InChI is InChI=1S/C20H25NO.H2/c1-16-19(12-17-8-4-2-5-9-17)13-21-14-20(16)22-15-18-10-6-3-7-11-18;/h2-11,16,19-21H,12-15H2,1H3;1H/t16-,19?,20?;/m1./s1. The Hall–Kier alpha value is -1.64. The summed E-state index contributed by atoms with van der Waals surface area (Å²) >= 11 is 0. The second kappa shape index (κ2) is 7.57. The molecule has 1 N–H and O–H groups in total. The van der Waals surface area contributed by atoms with Gasteiger partial charge in [-0.1, -0.05) is 67.6 Å². The Kier molecular flexibility index (Phi) is 5.25. The van der Waals surface area contributed by atoms with Gasteiger partial charge in [0, 0.05) is 7.97 Å². The summed E-state index contributed by atoms with van der Waals surface area (Å²) < 4.78 is 6.19. The molecule has 1 saturated heterocycles. The largest absolute Gasteiger partial charge is 0.372 e. The second-order valence-electron chi connectivity index (χ2n) is 6.30. The third kappa shape index (κ3) is 3.96. The average molecular weight is 297 g/mol. The van der Waals surface area contributed by atoms with E-state index >= 15 is 0 Å². The zero-order chi connectivity index (χ0) is 15.2. The molecule has 22 heavy (non-hydrogen) atoms. The molecule has 3 rings (SSSR count). The number of hydrogen-bond donors (Lipinski definition) is 1. The maximum atomic E-state index is 6.19. The van der Waals surface area contributed by atoms with E-state index in [2.05, 4.69) is 66.8 Å². The van der Waals surface area contributed by atoms with Gasteiger partial charge in [-0.2, -0.15) is 0 Å². The van der Waals surface area contributed by atoms with Gasteiger partial charge in [0.05, 0.1) is 12.7 Å². The van der Waals surface area contributed by atoms with E-state index in [4.69, 9.17) is 4.74 Å². The van der Waals surface area contributed by atoms with Gasteiger partial charge in [0.15, 0.2) is 0 Å². The first-order valence-electron chi connectivity index (χ1n) is 8.23. The predicted molar refractivity (Wildman–Crippen MR) is 92.8 cm³/mol. The van der Waals surface area contributed by atoms with Crippen LogP contribution in [0, 0.1) is 11.8 Å². The molecule has 0 bridgehead atoms. The quantitative estimate of drug-likeness (QED) is 0.903. The molecule has 3 atom stereocenters. The molecule has 1 aliphatic rings. The number of nitrogens with one attached hydrogen (secondary N) is 1. The van der Waals surface area contributed by atoms with Gasteiger partial charge in [0.25, 0.3) is 0 Å². The van der Waals surface area contributed by atoms with Crippen molar-refractivity contribution in [2.75, 3.05) is 13.1 Å². The summed E-state index contributed by atoms with van der Waals surface area (Å²) in [5.74, 6) is 1.21. The molecule has 1 fully saturated rings. The zero-order valence-electron chi connectivity index (χ0n) is 13.2. The number of rotatable bonds is 5. The number of ether oxygens (including phenoxy) is 1. The van der Waals surface area contributed by atoms with Gasteiger partial charge in [-0.15, -0.1) is 0 Å². The SMILES string of the molecule is C[C@@H]1C(Cc2ccccc2)CNCC1OCc1ccccc1.[HH]. The van der Waals surface area contributed by atoms with E-state index in [0.717, 1.165) is 19.5 Å². The lowest BCUT2D eigenvalue weighted by molar-refractivity contribution is -0.0264. The van der Waals surface area contributed by atoms with Crippen LogP contribution in [0.4, 0.5) is 0 Å². The predicted octanol–water partition coefficient (Wildman–Crippen LogP) is 3.92. The normalized spacial score (nSPS) is 25.0. The van der Waals surface area contributed by atoms with Crippen LogP contribution in [-0.2, 0) is 17.8 Å². The average Bonchev–Trinajstić information content (AvgIpc) is 2.58. The summed E-state index contributed by atoms with van der Waals surface area (Å²) in [5, 5.41) is 3.55. The molecule has 0 aromatic heterocycles. The fourth-order valence-corrected chi connectivity index (χ4v) is 3.25. The number of piperidine rings is 1. The van der Waals surface area contributed by atoms with Crippen LogP contribution in [0.25, 0.3) is 0 Å². The molecule has 1 aliphatic heterocycles. The smallest absolute Gasteiger partial charge is 0.0732 e. The Labute approximate surface area is 135 Å². The van der Waals surface area contributed by atoms with Crippen molar-refractivity contribution in [1.82, 2.24) is 5.32 Å². The molecule has 2 nitrogen and oxygen atoms in total. The van der Waals surface area contributed by atoms with Crippen molar-refractivity contribution in [3.8, 4) is 0 Å². The maximum Gasteiger partial charge on any atom is 0.0732 e. The van der Waals surface area contributed by atoms with Crippen molar-refractivity contribution in [1.29, 1.82) is 0 Å². The third-order valence-corrected chi connectivity index (χ3v) is 4.73. The van der Waals surface area contributed by atoms with Crippen molar-refractivity contribution in [2.24, 2.45) is 11.8 Å². The molecule has 2 heteroatoms. The molecule has 1 heterocycles. The number of hydrogen-bond acceptors (Lipinski definition) is 2. The second-order valence-corrected chi connectivity index (χ2v) is 6.30. The Bertz CT molecular complexity index is 560. The molecule has 118 valence electrons. The van der Waals surface area contributed by atoms with Crippen LogP contribution in [-0.4, -0.2) is 19.2 Å². The molecule has 2 unspecified atom stereocenters. The van der Waals surface area contributed by atoms with E-state index in [-0.39, 0.29) is 1.43 Å². The zero-order valence-corrected chi connectivity index (χ0v) is 13.2. The van der Waals surface area contributed by atoms with Crippen LogP contribution >= 0.6 is 0 Å². The van der Waals surface area contributed by atoms with Crippen LogP contribution in [0.2, 0.25) is 0 Å². The van der Waals surface area contributed by atoms with Crippen LogP contribution in [0.1, 0.15) is 19.5 Å². The molecule has 0 saturated carbocycles. The summed E-state index contributed by atoms with van der Waals surface area (Å²) in [6, 6.07) is 21.2. The highest BCUT2D eigenvalue weighted by molar-refractivity contribution is 5.16. The summed E-state index contributed by atoms with van der Waals surface area (Å²) in [6.07, 6.45) is 1.42. The lowest BCUT2D eigenvalue weighted by atomic mass is 9.82. The van der Waals surface area contributed by atoms with E-state index in [9.17, 15) is 0 Å². The topological polar surface area (TPSA) is 21.3 Å². The molecule has 2 aromatic rings. The Morgan fingerprint density at radius 1 is 0.955 bits per heavy atom. The first-order valence-corrected chi connectivity index (χ1v) is 8.23. The van der Waals surface area contributed by atoms with E-state index in [1.54, 1.807) is 0 Å². The molecule has 0 radical (unpaired) electrons. The van der Waals surface area contributed by atoms with E-state index < -0.39 is 0 Å². The fourth-order valence-electron chi connectivity index (χ4n) is 3.25.